The molecule has 2 aliphatic rings. The lowest BCUT2D eigenvalue weighted by atomic mass is 9.92. The fourth-order valence-electron chi connectivity index (χ4n) is 2.35. The maximum atomic E-state index is 3.49. The van der Waals surface area contributed by atoms with E-state index in [1.54, 1.807) is 0 Å². The zero-order chi connectivity index (χ0) is 7.68. The normalized spacial score (nSPS) is 40.1. The molecule has 2 atom stereocenters. The third-order valence-corrected chi connectivity index (χ3v) is 3.24. The molecule has 11 heavy (non-hydrogen) atoms. The van der Waals surface area contributed by atoms with Crippen molar-refractivity contribution in [1.82, 2.24) is 10.2 Å². The van der Waals surface area contributed by atoms with Crippen LogP contribution in [0.3, 0.4) is 0 Å². The van der Waals surface area contributed by atoms with Crippen LogP contribution in [0.1, 0.15) is 12.8 Å². The molecule has 0 aromatic carbocycles. The number of nitrogens with one attached hydrogen (secondary N) is 1. The van der Waals surface area contributed by atoms with Gasteiger partial charge in [0.1, 0.15) is 0 Å². The Morgan fingerprint density at radius 3 is 2.18 bits per heavy atom. The molecule has 2 heteroatoms. The second kappa shape index (κ2) is 3.11. The molecule has 2 heterocycles. The van der Waals surface area contributed by atoms with Crippen LogP contribution in [-0.2, 0) is 0 Å². The number of nitrogens with zero attached hydrogens (tertiary/aromatic N) is 1. The maximum absolute atomic E-state index is 3.49. The van der Waals surface area contributed by atoms with Crippen LogP contribution in [0, 0.1) is 11.8 Å². The second-order valence-electron chi connectivity index (χ2n) is 4.06. The Morgan fingerprint density at radius 1 is 1.09 bits per heavy atom. The molecule has 0 saturated carbocycles. The summed E-state index contributed by atoms with van der Waals surface area (Å²) >= 11 is 0. The molecule has 0 radical (unpaired) electrons. The largest absolute Gasteiger partial charge is 0.316 e. The summed E-state index contributed by atoms with van der Waals surface area (Å²) in [6.45, 7) is 5.17. The van der Waals surface area contributed by atoms with E-state index in [0.29, 0.717) is 0 Å². The van der Waals surface area contributed by atoms with E-state index < -0.39 is 0 Å². The highest BCUT2D eigenvalue weighted by atomic mass is 15.1. The molecule has 64 valence electrons. The zero-order valence-corrected chi connectivity index (χ0v) is 7.34. The minimum absolute atomic E-state index is 0.986. The van der Waals surface area contributed by atoms with Crippen molar-refractivity contribution in [3.05, 3.63) is 0 Å². The summed E-state index contributed by atoms with van der Waals surface area (Å²) in [7, 11) is 2.24. The molecule has 2 nitrogen and oxygen atoms in total. The highest BCUT2D eigenvalue weighted by Crippen LogP contribution is 2.26. The first-order valence-corrected chi connectivity index (χ1v) is 4.75. The van der Waals surface area contributed by atoms with Crippen molar-refractivity contribution in [1.29, 1.82) is 0 Å². The van der Waals surface area contributed by atoms with Gasteiger partial charge in [-0.2, -0.15) is 0 Å². The van der Waals surface area contributed by atoms with Crippen molar-refractivity contribution in [3.8, 4) is 0 Å². The van der Waals surface area contributed by atoms with Crippen LogP contribution in [0.5, 0.6) is 0 Å². The maximum Gasteiger partial charge on any atom is -0.00168 e. The quantitative estimate of drug-likeness (QED) is 0.548. The van der Waals surface area contributed by atoms with Gasteiger partial charge in [0.15, 0.2) is 0 Å². The monoisotopic (exact) mass is 154 g/mol. The molecular formula is C9H18N2. The molecule has 0 amide bonds. The van der Waals surface area contributed by atoms with E-state index in [4.69, 9.17) is 0 Å². The van der Waals surface area contributed by atoms with Crippen LogP contribution < -0.4 is 5.32 Å². The predicted octanol–water partition coefficient (Wildman–Crippen LogP) is 0.548. The molecule has 2 rings (SSSR count). The average molecular weight is 154 g/mol. The number of hydrogen-bond donors (Lipinski definition) is 1. The highest BCUT2D eigenvalue weighted by Gasteiger charge is 2.28. The molecule has 0 aliphatic carbocycles. The van der Waals surface area contributed by atoms with Gasteiger partial charge in [0.25, 0.3) is 0 Å². The third kappa shape index (κ3) is 1.57. The molecule has 0 aromatic heterocycles. The summed E-state index contributed by atoms with van der Waals surface area (Å²) in [6, 6.07) is 0. The Hall–Kier alpha value is -0.0800. The summed E-state index contributed by atoms with van der Waals surface area (Å²) in [6.07, 6.45) is 2.82. The molecule has 0 spiro atoms. The van der Waals surface area contributed by atoms with Gasteiger partial charge in [-0.05, 0) is 57.9 Å². The number of fused-ring (bicyclic) bond motifs is 1. The Balaban J connectivity index is 1.95. The number of likely N-dealkylation sites (tertiary alicyclic amines) is 1. The molecule has 1 N–H and O–H groups in total. The molecule has 0 unspecified atom stereocenters. The third-order valence-electron chi connectivity index (χ3n) is 3.24. The topological polar surface area (TPSA) is 15.3 Å². The summed E-state index contributed by atoms with van der Waals surface area (Å²) in [5, 5.41) is 3.49. The SMILES string of the molecule is CN1CC[C@@H]2CNC[C@@H]2CC1. The average Bonchev–Trinajstić information content (AvgIpc) is 2.38. The van der Waals surface area contributed by atoms with E-state index in [1.807, 2.05) is 0 Å². The molecule has 0 bridgehead atoms. The van der Waals surface area contributed by atoms with E-state index in [0.717, 1.165) is 11.8 Å². The molecule has 2 fully saturated rings. The molecule has 0 aromatic rings. The van der Waals surface area contributed by atoms with E-state index in [2.05, 4.69) is 17.3 Å². The van der Waals surface area contributed by atoms with Crippen molar-refractivity contribution in [2.75, 3.05) is 33.2 Å². The minimum atomic E-state index is 0.986. The smallest absolute Gasteiger partial charge is 0.00168 e. The lowest BCUT2D eigenvalue weighted by Gasteiger charge is -2.12. The summed E-state index contributed by atoms with van der Waals surface area (Å²) < 4.78 is 0. The van der Waals surface area contributed by atoms with Crippen LogP contribution >= 0.6 is 0 Å². The summed E-state index contributed by atoms with van der Waals surface area (Å²) in [4.78, 5) is 2.47. The van der Waals surface area contributed by atoms with Gasteiger partial charge < -0.3 is 10.2 Å². The van der Waals surface area contributed by atoms with E-state index in [-0.39, 0.29) is 0 Å². The fraction of sp³-hybridized carbons (Fsp3) is 1.00. The van der Waals surface area contributed by atoms with E-state index in [1.165, 1.54) is 39.0 Å². The van der Waals surface area contributed by atoms with Crippen LogP contribution in [-0.4, -0.2) is 38.1 Å². The van der Waals surface area contributed by atoms with E-state index in [9.17, 15) is 0 Å². The van der Waals surface area contributed by atoms with Gasteiger partial charge in [-0.3, -0.25) is 0 Å². The van der Waals surface area contributed by atoms with Crippen molar-refractivity contribution in [2.24, 2.45) is 11.8 Å². The first kappa shape index (κ1) is 7.56. The van der Waals surface area contributed by atoms with E-state index >= 15 is 0 Å². The van der Waals surface area contributed by atoms with Crippen molar-refractivity contribution in [2.45, 2.75) is 12.8 Å². The van der Waals surface area contributed by atoms with Gasteiger partial charge in [-0.1, -0.05) is 0 Å². The Morgan fingerprint density at radius 2 is 1.64 bits per heavy atom. The molecule has 2 saturated heterocycles. The van der Waals surface area contributed by atoms with Crippen molar-refractivity contribution >= 4 is 0 Å². The van der Waals surface area contributed by atoms with Gasteiger partial charge >= 0.3 is 0 Å². The highest BCUT2D eigenvalue weighted by molar-refractivity contribution is 4.84. The van der Waals surface area contributed by atoms with Gasteiger partial charge in [0, 0.05) is 0 Å². The van der Waals surface area contributed by atoms with Crippen LogP contribution in [0.15, 0.2) is 0 Å². The second-order valence-corrected chi connectivity index (χ2v) is 4.06. The van der Waals surface area contributed by atoms with Gasteiger partial charge in [-0.25, -0.2) is 0 Å². The van der Waals surface area contributed by atoms with Crippen LogP contribution in [0.2, 0.25) is 0 Å². The molecular weight excluding hydrogens is 136 g/mol. The lowest BCUT2D eigenvalue weighted by molar-refractivity contribution is 0.339. The predicted molar refractivity (Wildman–Crippen MR) is 46.6 cm³/mol. The number of rotatable bonds is 0. The van der Waals surface area contributed by atoms with Crippen molar-refractivity contribution < 1.29 is 0 Å². The van der Waals surface area contributed by atoms with Gasteiger partial charge in [0.05, 0.1) is 0 Å². The summed E-state index contributed by atoms with van der Waals surface area (Å²) in [5.74, 6) is 1.97. The van der Waals surface area contributed by atoms with Crippen LogP contribution in [0.4, 0.5) is 0 Å². The summed E-state index contributed by atoms with van der Waals surface area (Å²) in [5.41, 5.74) is 0. The first-order chi connectivity index (χ1) is 5.36. The van der Waals surface area contributed by atoms with Gasteiger partial charge in [0.2, 0.25) is 0 Å². The first-order valence-electron chi connectivity index (χ1n) is 4.75. The molecule has 2 aliphatic heterocycles. The zero-order valence-electron chi connectivity index (χ0n) is 7.34. The van der Waals surface area contributed by atoms with Crippen LogP contribution in [0.25, 0.3) is 0 Å². The Labute approximate surface area is 69.0 Å². The minimum Gasteiger partial charge on any atom is -0.316 e. The Bertz CT molecular complexity index is 122. The lowest BCUT2D eigenvalue weighted by Crippen LogP contribution is -2.21. The van der Waals surface area contributed by atoms with Crippen molar-refractivity contribution in [3.63, 3.8) is 0 Å². The Kier molecular flexibility index (Phi) is 2.14. The standard InChI is InChI=1S/C9H18N2/c1-11-4-2-8-6-10-7-9(8)3-5-11/h8-10H,2-7H2,1H3/t8-,9+. The van der Waals surface area contributed by atoms with Gasteiger partial charge in [-0.15, -0.1) is 0 Å². The fourth-order valence-corrected chi connectivity index (χ4v) is 2.35. The number of hydrogen-bond acceptors (Lipinski definition) is 2.